The van der Waals surface area contributed by atoms with Crippen LogP contribution in [0.25, 0.3) is 0 Å². The average molecular weight is 303 g/mol. The van der Waals surface area contributed by atoms with Crippen LogP contribution in [0.1, 0.15) is 15.9 Å². The molecule has 0 atom stereocenters. The smallest absolute Gasteiger partial charge is 0.271 e. The van der Waals surface area contributed by atoms with E-state index in [1.54, 1.807) is 30.3 Å². The zero-order valence-corrected chi connectivity index (χ0v) is 11.6. The zero-order valence-electron chi connectivity index (χ0n) is 10.9. The minimum absolute atomic E-state index is 0.172. The lowest BCUT2D eigenvalue weighted by atomic mass is 10.2. The predicted octanol–water partition coefficient (Wildman–Crippen LogP) is 2.83. The van der Waals surface area contributed by atoms with Gasteiger partial charge in [-0.1, -0.05) is 29.8 Å². The number of amides is 1. The summed E-state index contributed by atoms with van der Waals surface area (Å²) in [6.45, 7) is 0.172. The number of nitrogens with zero attached hydrogens (tertiary/aromatic N) is 1. The molecule has 2 aromatic rings. The van der Waals surface area contributed by atoms with Gasteiger partial charge in [0.15, 0.2) is 11.5 Å². The van der Waals surface area contributed by atoms with Crippen molar-refractivity contribution in [2.45, 2.75) is 0 Å². The molecule has 5 nitrogen and oxygen atoms in total. The third-order valence-electron chi connectivity index (χ3n) is 2.91. The first kappa shape index (κ1) is 13.5. The predicted molar refractivity (Wildman–Crippen MR) is 79.1 cm³/mol. The number of benzene rings is 2. The number of nitrogens with one attached hydrogen (secondary N) is 1. The molecule has 2 aromatic carbocycles. The van der Waals surface area contributed by atoms with E-state index in [0.29, 0.717) is 22.1 Å². The molecule has 1 N–H and O–H groups in total. The maximum absolute atomic E-state index is 12.0. The molecule has 0 bridgehead atoms. The van der Waals surface area contributed by atoms with Gasteiger partial charge in [0.2, 0.25) is 6.79 Å². The van der Waals surface area contributed by atoms with E-state index < -0.39 is 0 Å². The minimum atomic E-state index is -0.336. The van der Waals surface area contributed by atoms with Crippen molar-refractivity contribution in [3.63, 3.8) is 0 Å². The molecule has 0 unspecified atom stereocenters. The zero-order chi connectivity index (χ0) is 14.7. The first-order chi connectivity index (χ1) is 10.2. The summed E-state index contributed by atoms with van der Waals surface area (Å²) in [6.07, 6.45) is 1.49. The summed E-state index contributed by atoms with van der Waals surface area (Å²) in [7, 11) is 0. The van der Waals surface area contributed by atoms with E-state index in [4.69, 9.17) is 21.1 Å². The van der Waals surface area contributed by atoms with Crippen LogP contribution in [-0.2, 0) is 0 Å². The van der Waals surface area contributed by atoms with Gasteiger partial charge >= 0.3 is 0 Å². The highest BCUT2D eigenvalue weighted by Crippen LogP contribution is 2.32. The number of hydrogen-bond acceptors (Lipinski definition) is 4. The lowest BCUT2D eigenvalue weighted by molar-refractivity contribution is 0.0954. The summed E-state index contributed by atoms with van der Waals surface area (Å²) >= 11 is 5.99. The number of hydrazone groups is 1. The molecule has 0 saturated heterocycles. The van der Waals surface area contributed by atoms with E-state index in [0.717, 1.165) is 5.56 Å². The van der Waals surface area contributed by atoms with E-state index in [-0.39, 0.29) is 12.7 Å². The fourth-order valence-corrected chi connectivity index (χ4v) is 2.03. The number of fused-ring (bicyclic) bond motifs is 1. The van der Waals surface area contributed by atoms with Gasteiger partial charge in [-0.3, -0.25) is 4.79 Å². The maximum atomic E-state index is 12.0. The van der Waals surface area contributed by atoms with Gasteiger partial charge in [0.05, 0.1) is 6.21 Å². The average Bonchev–Trinajstić information content (AvgIpc) is 2.96. The lowest BCUT2D eigenvalue weighted by Crippen LogP contribution is -2.17. The standard InChI is InChI=1S/C15H11ClN2O3/c16-12-4-2-1-3-11(12)8-17-18-15(19)10-5-6-13-14(7-10)21-9-20-13/h1-8H,9H2,(H,18,19)/b17-8+. The van der Waals surface area contributed by atoms with Crippen LogP contribution in [0.3, 0.4) is 0 Å². The normalized spacial score (nSPS) is 12.6. The number of carbonyl (C=O) groups excluding carboxylic acids is 1. The second kappa shape index (κ2) is 5.85. The molecule has 1 aliphatic rings. The Labute approximate surface area is 126 Å². The first-order valence-electron chi connectivity index (χ1n) is 6.21. The second-order valence-corrected chi connectivity index (χ2v) is 4.70. The van der Waals surface area contributed by atoms with Crippen LogP contribution >= 0.6 is 11.6 Å². The van der Waals surface area contributed by atoms with Gasteiger partial charge in [-0.2, -0.15) is 5.10 Å². The van der Waals surface area contributed by atoms with Crippen LogP contribution in [0.5, 0.6) is 11.5 Å². The van der Waals surface area contributed by atoms with Crippen molar-refractivity contribution in [1.29, 1.82) is 0 Å². The van der Waals surface area contributed by atoms with Gasteiger partial charge in [-0.05, 0) is 24.3 Å². The van der Waals surface area contributed by atoms with Crippen LogP contribution in [0.2, 0.25) is 5.02 Å². The van der Waals surface area contributed by atoms with Crippen LogP contribution in [0.4, 0.5) is 0 Å². The molecule has 0 aliphatic carbocycles. The highest BCUT2D eigenvalue weighted by atomic mass is 35.5. The van der Waals surface area contributed by atoms with Gasteiger partial charge in [0.1, 0.15) is 0 Å². The number of rotatable bonds is 3. The Hall–Kier alpha value is -2.53. The SMILES string of the molecule is O=C(N/N=C/c1ccccc1Cl)c1ccc2c(c1)OCO2. The largest absolute Gasteiger partial charge is 0.454 e. The van der Waals surface area contributed by atoms with E-state index >= 15 is 0 Å². The lowest BCUT2D eigenvalue weighted by Gasteiger charge is -2.02. The molecule has 1 heterocycles. The van der Waals surface area contributed by atoms with Gasteiger partial charge in [-0.25, -0.2) is 5.43 Å². The van der Waals surface area contributed by atoms with Crippen molar-refractivity contribution in [3.8, 4) is 11.5 Å². The van der Waals surface area contributed by atoms with Crippen molar-refractivity contribution in [2.24, 2.45) is 5.10 Å². The molecule has 0 fully saturated rings. The van der Waals surface area contributed by atoms with Crippen molar-refractivity contribution in [3.05, 3.63) is 58.6 Å². The highest BCUT2D eigenvalue weighted by Gasteiger charge is 2.15. The molecule has 1 aliphatic heterocycles. The quantitative estimate of drug-likeness (QED) is 0.700. The molecule has 0 saturated carbocycles. The number of carbonyl (C=O) groups is 1. The van der Waals surface area contributed by atoms with Gasteiger partial charge in [0, 0.05) is 16.1 Å². The molecule has 1 amide bonds. The van der Waals surface area contributed by atoms with Crippen molar-refractivity contribution in [2.75, 3.05) is 6.79 Å². The number of ether oxygens (including phenoxy) is 2. The van der Waals surface area contributed by atoms with Crippen molar-refractivity contribution >= 4 is 23.7 Å². The van der Waals surface area contributed by atoms with Crippen LogP contribution in [0.15, 0.2) is 47.6 Å². The maximum Gasteiger partial charge on any atom is 0.271 e. The summed E-state index contributed by atoms with van der Waals surface area (Å²) in [5, 5.41) is 4.46. The number of halogens is 1. The van der Waals surface area contributed by atoms with Crippen molar-refractivity contribution in [1.82, 2.24) is 5.43 Å². The third-order valence-corrected chi connectivity index (χ3v) is 3.25. The van der Waals surface area contributed by atoms with E-state index in [2.05, 4.69) is 10.5 Å². The highest BCUT2D eigenvalue weighted by molar-refractivity contribution is 6.33. The fraction of sp³-hybridized carbons (Fsp3) is 0.0667. The molecule has 0 spiro atoms. The van der Waals surface area contributed by atoms with Crippen LogP contribution in [0, 0.1) is 0 Å². The topological polar surface area (TPSA) is 59.9 Å². The van der Waals surface area contributed by atoms with E-state index in [9.17, 15) is 4.79 Å². The van der Waals surface area contributed by atoms with Gasteiger partial charge < -0.3 is 9.47 Å². The Kier molecular flexibility index (Phi) is 3.75. The Balaban J connectivity index is 1.68. The summed E-state index contributed by atoms with van der Waals surface area (Å²) in [5.41, 5.74) is 3.61. The van der Waals surface area contributed by atoms with Crippen LogP contribution in [-0.4, -0.2) is 18.9 Å². The van der Waals surface area contributed by atoms with Gasteiger partial charge in [0.25, 0.3) is 5.91 Å². The molecule has 21 heavy (non-hydrogen) atoms. The molecule has 106 valence electrons. The Morgan fingerprint density at radius 1 is 1.19 bits per heavy atom. The summed E-state index contributed by atoms with van der Waals surface area (Å²) in [5.74, 6) is 0.848. The summed E-state index contributed by atoms with van der Waals surface area (Å²) < 4.78 is 10.4. The molecular weight excluding hydrogens is 292 g/mol. The van der Waals surface area contributed by atoms with E-state index in [1.165, 1.54) is 6.21 Å². The minimum Gasteiger partial charge on any atom is -0.454 e. The monoisotopic (exact) mass is 302 g/mol. The molecule has 0 radical (unpaired) electrons. The van der Waals surface area contributed by atoms with Crippen molar-refractivity contribution < 1.29 is 14.3 Å². The number of hydrogen-bond donors (Lipinski definition) is 1. The molecule has 0 aromatic heterocycles. The fourth-order valence-electron chi connectivity index (χ4n) is 1.84. The van der Waals surface area contributed by atoms with Gasteiger partial charge in [-0.15, -0.1) is 0 Å². The van der Waals surface area contributed by atoms with Crippen LogP contribution < -0.4 is 14.9 Å². The molecule has 6 heteroatoms. The summed E-state index contributed by atoms with van der Waals surface area (Å²) in [4.78, 5) is 12.0. The molecule has 3 rings (SSSR count). The van der Waals surface area contributed by atoms with E-state index in [1.807, 2.05) is 12.1 Å². The second-order valence-electron chi connectivity index (χ2n) is 4.29. The third kappa shape index (κ3) is 2.98. The Bertz CT molecular complexity index is 716. The summed E-state index contributed by atoms with van der Waals surface area (Å²) in [6, 6.07) is 12.2. The Morgan fingerprint density at radius 3 is 2.86 bits per heavy atom. The molecular formula is C15H11ClN2O3. The Morgan fingerprint density at radius 2 is 2.00 bits per heavy atom. The first-order valence-corrected chi connectivity index (χ1v) is 6.59.